The number of nitrogens with one attached hydrogen (secondary N) is 1. The Bertz CT molecular complexity index is 447. The standard InChI is InChI=1S/C18H29FN2/c1-4-9-20-18-8-10-21(12-15(18)5-2)13-16-11-17(19)7-6-14(16)3/h6-7,11,15,18,20H,4-5,8-10,12-13H2,1-3H3. The average molecular weight is 292 g/mol. The van der Waals surface area contributed by atoms with Crippen LogP contribution in [0.1, 0.15) is 44.2 Å². The van der Waals surface area contributed by atoms with Gasteiger partial charge in [-0.15, -0.1) is 0 Å². The van der Waals surface area contributed by atoms with Crippen LogP contribution in [0.2, 0.25) is 0 Å². The molecule has 2 nitrogen and oxygen atoms in total. The Morgan fingerprint density at radius 1 is 1.33 bits per heavy atom. The number of piperidine rings is 1. The van der Waals surface area contributed by atoms with E-state index in [1.54, 1.807) is 12.1 Å². The molecule has 3 heteroatoms. The van der Waals surface area contributed by atoms with Crippen molar-refractivity contribution in [2.75, 3.05) is 19.6 Å². The molecule has 21 heavy (non-hydrogen) atoms. The minimum absolute atomic E-state index is 0.123. The van der Waals surface area contributed by atoms with Gasteiger partial charge in [0.2, 0.25) is 0 Å². The summed E-state index contributed by atoms with van der Waals surface area (Å²) >= 11 is 0. The summed E-state index contributed by atoms with van der Waals surface area (Å²) in [6.07, 6.45) is 3.60. The second-order valence-corrected chi connectivity index (χ2v) is 6.32. The third-order valence-corrected chi connectivity index (χ3v) is 4.70. The SMILES string of the molecule is CCCNC1CCN(Cc2cc(F)ccc2C)CC1CC. The van der Waals surface area contributed by atoms with Crippen molar-refractivity contribution in [2.45, 2.75) is 52.6 Å². The molecule has 0 bridgehead atoms. The van der Waals surface area contributed by atoms with Crippen molar-refractivity contribution in [2.24, 2.45) is 5.92 Å². The molecule has 2 atom stereocenters. The van der Waals surface area contributed by atoms with Crippen molar-refractivity contribution in [3.63, 3.8) is 0 Å². The molecule has 1 heterocycles. The molecule has 2 unspecified atom stereocenters. The molecule has 1 fully saturated rings. The Morgan fingerprint density at radius 3 is 2.86 bits per heavy atom. The van der Waals surface area contributed by atoms with Crippen molar-refractivity contribution in [1.82, 2.24) is 10.2 Å². The predicted octanol–water partition coefficient (Wildman–Crippen LogP) is 3.73. The van der Waals surface area contributed by atoms with E-state index in [9.17, 15) is 4.39 Å². The van der Waals surface area contributed by atoms with E-state index < -0.39 is 0 Å². The summed E-state index contributed by atoms with van der Waals surface area (Å²) in [7, 11) is 0. The van der Waals surface area contributed by atoms with Crippen molar-refractivity contribution < 1.29 is 4.39 Å². The predicted molar refractivity (Wildman–Crippen MR) is 86.9 cm³/mol. The van der Waals surface area contributed by atoms with Crippen molar-refractivity contribution in [3.05, 3.63) is 35.1 Å². The van der Waals surface area contributed by atoms with E-state index in [2.05, 4.69) is 31.0 Å². The van der Waals surface area contributed by atoms with E-state index in [1.165, 1.54) is 24.8 Å². The summed E-state index contributed by atoms with van der Waals surface area (Å²) in [6, 6.07) is 5.78. The minimum Gasteiger partial charge on any atom is -0.314 e. The van der Waals surface area contributed by atoms with Crippen molar-refractivity contribution >= 4 is 0 Å². The van der Waals surface area contributed by atoms with Crippen LogP contribution in [0.4, 0.5) is 4.39 Å². The number of rotatable bonds is 6. The molecule has 0 aliphatic carbocycles. The molecule has 1 aliphatic heterocycles. The van der Waals surface area contributed by atoms with E-state index in [0.717, 1.165) is 31.7 Å². The zero-order valence-corrected chi connectivity index (χ0v) is 13.7. The fraction of sp³-hybridized carbons (Fsp3) is 0.667. The number of benzene rings is 1. The second kappa shape index (κ2) is 7.90. The zero-order valence-electron chi connectivity index (χ0n) is 13.7. The molecule has 0 radical (unpaired) electrons. The third-order valence-electron chi connectivity index (χ3n) is 4.70. The van der Waals surface area contributed by atoms with Crippen molar-refractivity contribution in [3.8, 4) is 0 Å². The molecular formula is C18H29FN2. The lowest BCUT2D eigenvalue weighted by molar-refractivity contribution is 0.128. The van der Waals surface area contributed by atoms with Gasteiger partial charge in [0.05, 0.1) is 0 Å². The Labute approximate surface area is 128 Å². The molecule has 0 spiro atoms. The maximum Gasteiger partial charge on any atom is 0.123 e. The van der Waals surface area contributed by atoms with Gasteiger partial charge in [-0.25, -0.2) is 4.39 Å². The van der Waals surface area contributed by atoms with Gasteiger partial charge in [0.1, 0.15) is 5.82 Å². The summed E-state index contributed by atoms with van der Waals surface area (Å²) in [5, 5.41) is 3.69. The molecule has 2 rings (SSSR count). The van der Waals surface area contributed by atoms with Gasteiger partial charge in [-0.3, -0.25) is 4.90 Å². The van der Waals surface area contributed by atoms with Crippen LogP contribution >= 0.6 is 0 Å². The second-order valence-electron chi connectivity index (χ2n) is 6.32. The maximum absolute atomic E-state index is 13.4. The zero-order chi connectivity index (χ0) is 15.2. The molecule has 1 saturated heterocycles. The van der Waals surface area contributed by atoms with Crippen LogP contribution in [0.15, 0.2) is 18.2 Å². The van der Waals surface area contributed by atoms with Crippen LogP contribution in [-0.4, -0.2) is 30.6 Å². The smallest absolute Gasteiger partial charge is 0.123 e. The van der Waals surface area contributed by atoms with Crippen molar-refractivity contribution in [1.29, 1.82) is 0 Å². The van der Waals surface area contributed by atoms with Gasteiger partial charge in [0.15, 0.2) is 0 Å². The van der Waals surface area contributed by atoms with E-state index in [0.29, 0.717) is 12.0 Å². The van der Waals surface area contributed by atoms with Crippen LogP contribution in [0.5, 0.6) is 0 Å². The summed E-state index contributed by atoms with van der Waals surface area (Å²) in [5.41, 5.74) is 2.32. The van der Waals surface area contributed by atoms with Gasteiger partial charge in [0, 0.05) is 19.1 Å². The molecule has 1 N–H and O–H groups in total. The molecule has 1 aromatic rings. The Balaban J connectivity index is 1.95. The molecule has 0 aromatic heterocycles. The van der Waals surface area contributed by atoms with Crippen LogP contribution in [0, 0.1) is 18.7 Å². The van der Waals surface area contributed by atoms with Gasteiger partial charge in [-0.1, -0.05) is 26.3 Å². The van der Waals surface area contributed by atoms with Crippen LogP contribution in [-0.2, 0) is 6.54 Å². The molecule has 0 amide bonds. The first-order valence-electron chi connectivity index (χ1n) is 8.34. The Kier molecular flexibility index (Phi) is 6.19. The highest BCUT2D eigenvalue weighted by Gasteiger charge is 2.27. The Morgan fingerprint density at radius 2 is 2.14 bits per heavy atom. The fourth-order valence-electron chi connectivity index (χ4n) is 3.31. The van der Waals surface area contributed by atoms with E-state index in [1.807, 2.05) is 6.07 Å². The highest BCUT2D eigenvalue weighted by molar-refractivity contribution is 5.26. The molecular weight excluding hydrogens is 263 g/mol. The lowest BCUT2D eigenvalue weighted by Gasteiger charge is -2.39. The van der Waals surface area contributed by atoms with E-state index in [-0.39, 0.29) is 5.82 Å². The van der Waals surface area contributed by atoms with Crippen LogP contribution in [0.3, 0.4) is 0 Å². The topological polar surface area (TPSA) is 15.3 Å². The monoisotopic (exact) mass is 292 g/mol. The third kappa shape index (κ3) is 4.52. The van der Waals surface area contributed by atoms with Gasteiger partial charge >= 0.3 is 0 Å². The maximum atomic E-state index is 13.4. The summed E-state index contributed by atoms with van der Waals surface area (Å²) in [4.78, 5) is 2.49. The minimum atomic E-state index is -0.123. The van der Waals surface area contributed by atoms with Gasteiger partial charge in [-0.2, -0.15) is 0 Å². The van der Waals surface area contributed by atoms with E-state index >= 15 is 0 Å². The number of nitrogens with zero attached hydrogens (tertiary/aromatic N) is 1. The lowest BCUT2D eigenvalue weighted by Crippen LogP contribution is -2.49. The number of aryl methyl sites for hydroxylation is 1. The molecule has 1 aliphatic rings. The number of hydrogen-bond donors (Lipinski definition) is 1. The first kappa shape index (κ1) is 16.4. The lowest BCUT2D eigenvalue weighted by atomic mass is 9.89. The van der Waals surface area contributed by atoms with E-state index in [4.69, 9.17) is 0 Å². The number of halogens is 1. The number of hydrogen-bond acceptors (Lipinski definition) is 2. The first-order valence-corrected chi connectivity index (χ1v) is 8.34. The normalized spacial score (nSPS) is 23.4. The summed E-state index contributed by atoms with van der Waals surface area (Å²) < 4.78 is 13.4. The van der Waals surface area contributed by atoms with Gasteiger partial charge < -0.3 is 5.32 Å². The quantitative estimate of drug-likeness (QED) is 0.859. The molecule has 118 valence electrons. The molecule has 0 saturated carbocycles. The highest BCUT2D eigenvalue weighted by atomic mass is 19.1. The first-order chi connectivity index (χ1) is 10.1. The van der Waals surface area contributed by atoms with Gasteiger partial charge in [-0.05, 0) is 62.0 Å². The largest absolute Gasteiger partial charge is 0.314 e. The average Bonchev–Trinajstić information content (AvgIpc) is 2.49. The Hall–Kier alpha value is -0.930. The summed E-state index contributed by atoms with van der Waals surface area (Å²) in [5.74, 6) is 0.585. The number of likely N-dealkylation sites (tertiary alicyclic amines) is 1. The van der Waals surface area contributed by atoms with Gasteiger partial charge in [0.25, 0.3) is 0 Å². The fourth-order valence-corrected chi connectivity index (χ4v) is 3.31. The summed E-state index contributed by atoms with van der Waals surface area (Å²) in [6.45, 7) is 10.8. The molecule has 1 aromatic carbocycles. The highest BCUT2D eigenvalue weighted by Crippen LogP contribution is 2.23. The van der Waals surface area contributed by atoms with Crippen LogP contribution in [0.25, 0.3) is 0 Å². The van der Waals surface area contributed by atoms with Crippen LogP contribution < -0.4 is 5.32 Å².